The molecule has 0 saturated heterocycles. The molecule has 0 spiro atoms. The van der Waals surface area contributed by atoms with Crippen LogP contribution < -0.4 is 15.0 Å². The van der Waals surface area contributed by atoms with Crippen molar-refractivity contribution >= 4 is 23.7 Å². The Kier molecular flexibility index (Phi) is 6.53. The molecule has 0 aromatic heterocycles. The molecule has 11 heteroatoms. The SMILES string of the molecule is CC[C@H](NC(=O)OC(C)(C)C)C(=O)N1c2ccc(OC(F)(F)F)cc2CC1C(=O)O. The van der Waals surface area contributed by atoms with E-state index in [0.717, 1.165) is 17.0 Å². The van der Waals surface area contributed by atoms with Crippen LogP contribution in [0.15, 0.2) is 18.2 Å². The first-order chi connectivity index (χ1) is 13.7. The lowest BCUT2D eigenvalue weighted by Gasteiger charge is -2.28. The molecule has 30 heavy (non-hydrogen) atoms. The van der Waals surface area contributed by atoms with E-state index >= 15 is 0 Å². The van der Waals surface area contributed by atoms with E-state index in [4.69, 9.17) is 4.74 Å². The summed E-state index contributed by atoms with van der Waals surface area (Å²) >= 11 is 0. The molecule has 1 unspecified atom stereocenters. The summed E-state index contributed by atoms with van der Waals surface area (Å²) in [5, 5.41) is 11.9. The van der Waals surface area contributed by atoms with Crippen molar-refractivity contribution in [3.8, 4) is 5.75 Å². The van der Waals surface area contributed by atoms with Gasteiger partial charge in [0, 0.05) is 12.1 Å². The number of carbonyl (C=O) groups is 3. The van der Waals surface area contributed by atoms with Gasteiger partial charge in [-0.3, -0.25) is 9.69 Å². The van der Waals surface area contributed by atoms with E-state index in [9.17, 15) is 32.7 Å². The van der Waals surface area contributed by atoms with Gasteiger partial charge in [-0.25, -0.2) is 9.59 Å². The highest BCUT2D eigenvalue weighted by Gasteiger charge is 2.42. The molecule has 2 N–H and O–H groups in total. The van der Waals surface area contributed by atoms with Gasteiger partial charge in [0.2, 0.25) is 0 Å². The van der Waals surface area contributed by atoms with Crippen LogP contribution >= 0.6 is 0 Å². The largest absolute Gasteiger partial charge is 0.573 e. The van der Waals surface area contributed by atoms with E-state index in [1.165, 1.54) is 6.07 Å². The maximum atomic E-state index is 13.1. The molecular formula is C19H23F3N2O6. The monoisotopic (exact) mass is 432 g/mol. The molecular weight excluding hydrogens is 409 g/mol. The van der Waals surface area contributed by atoms with Crippen molar-refractivity contribution in [3.63, 3.8) is 0 Å². The number of halogens is 3. The Bertz CT molecular complexity index is 835. The van der Waals surface area contributed by atoms with Gasteiger partial charge in [0.25, 0.3) is 5.91 Å². The Morgan fingerprint density at radius 3 is 2.40 bits per heavy atom. The number of nitrogens with zero attached hydrogens (tertiary/aromatic N) is 1. The second kappa shape index (κ2) is 8.41. The number of ether oxygens (including phenoxy) is 2. The number of amides is 2. The van der Waals surface area contributed by atoms with Crippen molar-refractivity contribution in [1.82, 2.24) is 5.32 Å². The third-order valence-electron chi connectivity index (χ3n) is 4.19. The van der Waals surface area contributed by atoms with Crippen molar-refractivity contribution in [1.29, 1.82) is 0 Å². The third-order valence-corrected chi connectivity index (χ3v) is 4.19. The predicted octanol–water partition coefficient (Wildman–Crippen LogP) is 3.23. The maximum Gasteiger partial charge on any atom is 0.573 e. The fraction of sp³-hybridized carbons (Fsp3) is 0.526. The zero-order valence-corrected chi connectivity index (χ0v) is 16.9. The quantitative estimate of drug-likeness (QED) is 0.740. The summed E-state index contributed by atoms with van der Waals surface area (Å²) in [6.07, 6.45) is -5.80. The molecule has 2 atom stereocenters. The van der Waals surface area contributed by atoms with Gasteiger partial charge in [0.1, 0.15) is 23.4 Å². The number of hydrogen-bond donors (Lipinski definition) is 2. The van der Waals surface area contributed by atoms with Crippen LogP contribution in [0.1, 0.15) is 39.7 Å². The number of carbonyl (C=O) groups excluding carboxylic acids is 2. The first kappa shape index (κ1) is 23.3. The van der Waals surface area contributed by atoms with Crippen LogP contribution in [0.3, 0.4) is 0 Å². The average molecular weight is 432 g/mol. The van der Waals surface area contributed by atoms with Crippen LogP contribution in [-0.4, -0.2) is 47.1 Å². The number of carboxylic acids is 1. The molecule has 1 aromatic rings. The lowest BCUT2D eigenvalue weighted by atomic mass is 10.1. The molecule has 1 heterocycles. The van der Waals surface area contributed by atoms with Crippen molar-refractivity contribution in [2.75, 3.05) is 4.90 Å². The number of alkyl halides is 3. The van der Waals surface area contributed by atoms with Crippen LogP contribution in [-0.2, 0) is 20.7 Å². The zero-order chi connectivity index (χ0) is 22.9. The normalized spacial score (nSPS) is 17.2. The van der Waals surface area contributed by atoms with Crippen LogP contribution in [0, 0.1) is 0 Å². The van der Waals surface area contributed by atoms with Crippen LogP contribution in [0.4, 0.5) is 23.7 Å². The number of alkyl carbamates (subject to hydrolysis) is 1. The molecule has 0 saturated carbocycles. The van der Waals surface area contributed by atoms with Gasteiger partial charge in [-0.2, -0.15) is 0 Å². The van der Waals surface area contributed by atoms with Gasteiger partial charge >= 0.3 is 18.4 Å². The summed E-state index contributed by atoms with van der Waals surface area (Å²) in [4.78, 5) is 37.8. The first-order valence-corrected chi connectivity index (χ1v) is 9.16. The number of aliphatic carboxylic acids is 1. The summed E-state index contributed by atoms with van der Waals surface area (Å²) in [5.74, 6) is -2.55. The van der Waals surface area contributed by atoms with Crippen molar-refractivity contribution in [3.05, 3.63) is 23.8 Å². The lowest BCUT2D eigenvalue weighted by molar-refractivity contribution is -0.274. The lowest BCUT2D eigenvalue weighted by Crippen LogP contribution is -2.53. The molecule has 2 rings (SSSR count). The Morgan fingerprint density at radius 2 is 1.90 bits per heavy atom. The van der Waals surface area contributed by atoms with Gasteiger partial charge < -0.3 is 19.9 Å². The fourth-order valence-electron chi connectivity index (χ4n) is 3.05. The van der Waals surface area contributed by atoms with E-state index < -0.39 is 47.8 Å². The van der Waals surface area contributed by atoms with Crippen molar-refractivity contribution in [2.45, 2.75) is 64.6 Å². The minimum atomic E-state index is -4.90. The average Bonchev–Trinajstić information content (AvgIpc) is 2.95. The molecule has 1 aromatic carbocycles. The Morgan fingerprint density at radius 1 is 1.27 bits per heavy atom. The highest BCUT2D eigenvalue weighted by atomic mass is 19.4. The van der Waals surface area contributed by atoms with Gasteiger partial charge in [-0.15, -0.1) is 13.2 Å². The topological polar surface area (TPSA) is 105 Å². The maximum absolute atomic E-state index is 13.1. The fourth-order valence-corrected chi connectivity index (χ4v) is 3.05. The van der Waals surface area contributed by atoms with E-state index in [1.54, 1.807) is 27.7 Å². The van der Waals surface area contributed by atoms with Crippen molar-refractivity contribution in [2.24, 2.45) is 0 Å². The second-order valence-electron chi connectivity index (χ2n) is 7.71. The summed E-state index contributed by atoms with van der Waals surface area (Å²) in [6, 6.07) is 0.826. The van der Waals surface area contributed by atoms with E-state index in [1.807, 2.05) is 0 Å². The Labute approximate surface area is 170 Å². The predicted molar refractivity (Wildman–Crippen MR) is 99.2 cm³/mol. The highest BCUT2D eigenvalue weighted by molar-refractivity contribution is 6.05. The number of benzene rings is 1. The van der Waals surface area contributed by atoms with Crippen LogP contribution in [0.5, 0.6) is 5.75 Å². The third kappa shape index (κ3) is 5.77. The smallest absolute Gasteiger partial charge is 0.480 e. The molecule has 2 amide bonds. The minimum Gasteiger partial charge on any atom is -0.480 e. The number of carboxylic acid groups (broad SMARTS) is 1. The summed E-state index contributed by atoms with van der Waals surface area (Å²) in [6.45, 7) is 6.56. The van der Waals surface area contributed by atoms with Gasteiger partial charge in [-0.1, -0.05) is 6.92 Å². The second-order valence-corrected chi connectivity index (χ2v) is 7.71. The van der Waals surface area contributed by atoms with Gasteiger partial charge in [0.15, 0.2) is 0 Å². The number of fused-ring (bicyclic) bond motifs is 1. The van der Waals surface area contributed by atoms with E-state index in [2.05, 4.69) is 10.1 Å². The van der Waals surface area contributed by atoms with Gasteiger partial charge in [-0.05, 0) is 51.0 Å². The molecule has 8 nitrogen and oxygen atoms in total. The Balaban J connectivity index is 2.30. The molecule has 1 aliphatic heterocycles. The molecule has 0 fully saturated rings. The van der Waals surface area contributed by atoms with Crippen LogP contribution in [0.25, 0.3) is 0 Å². The summed E-state index contributed by atoms with van der Waals surface area (Å²) in [5.41, 5.74) is -0.444. The first-order valence-electron chi connectivity index (χ1n) is 9.16. The number of hydrogen-bond acceptors (Lipinski definition) is 5. The number of rotatable bonds is 5. The molecule has 0 radical (unpaired) electrons. The highest BCUT2D eigenvalue weighted by Crippen LogP contribution is 2.37. The number of nitrogens with one attached hydrogen (secondary N) is 1. The molecule has 0 aliphatic carbocycles. The number of anilines is 1. The summed E-state index contributed by atoms with van der Waals surface area (Å²) in [7, 11) is 0. The molecule has 0 bridgehead atoms. The molecule has 166 valence electrons. The standard InChI is InChI=1S/C19H23F3N2O6/c1-5-12(23-17(28)30-18(2,3)4)15(25)24-13-7-6-11(29-19(20,21)22)8-10(13)9-14(24)16(26)27/h6-8,12,14H,5,9H2,1-4H3,(H,23,28)(H,26,27)/t12-,14?/m0/s1. The van der Waals surface area contributed by atoms with Crippen LogP contribution in [0.2, 0.25) is 0 Å². The summed E-state index contributed by atoms with van der Waals surface area (Å²) < 4.78 is 46.4. The zero-order valence-electron chi connectivity index (χ0n) is 16.9. The van der Waals surface area contributed by atoms with E-state index in [0.29, 0.717) is 0 Å². The van der Waals surface area contributed by atoms with Gasteiger partial charge in [0.05, 0.1) is 0 Å². The van der Waals surface area contributed by atoms with E-state index in [-0.39, 0.29) is 24.1 Å². The molecule has 1 aliphatic rings. The Hall–Kier alpha value is -2.98. The minimum absolute atomic E-state index is 0.144. The van der Waals surface area contributed by atoms with Crippen molar-refractivity contribution < 1.29 is 42.1 Å².